The molecule has 146 valence electrons. The normalized spacial score (nSPS) is 22.8. The first-order chi connectivity index (χ1) is 13.6. The van der Waals surface area contributed by atoms with Crippen LogP contribution < -0.4 is 0 Å². The second-order valence-electron chi connectivity index (χ2n) is 7.19. The van der Waals surface area contributed by atoms with Crippen LogP contribution in [0.25, 0.3) is 11.5 Å². The average Bonchev–Trinajstić information content (AvgIpc) is 3.30. The number of carbonyl (C=O) groups is 3. The van der Waals surface area contributed by atoms with Gasteiger partial charge in [-0.2, -0.15) is 0 Å². The number of esters is 1. The lowest BCUT2D eigenvalue weighted by molar-refractivity contribution is -0.159. The zero-order valence-electron chi connectivity index (χ0n) is 15.5. The number of benzene rings is 1. The van der Waals surface area contributed by atoms with Gasteiger partial charge in [0.1, 0.15) is 6.04 Å². The molecule has 2 aliphatic rings. The van der Waals surface area contributed by atoms with E-state index in [2.05, 4.69) is 10.2 Å². The first-order valence-electron chi connectivity index (χ1n) is 9.47. The number of aromatic nitrogens is 2. The summed E-state index contributed by atoms with van der Waals surface area (Å²) in [4.78, 5) is 38.7. The molecule has 1 saturated heterocycles. The van der Waals surface area contributed by atoms with Crippen LogP contribution in [-0.2, 0) is 25.7 Å². The van der Waals surface area contributed by atoms with Crippen LogP contribution >= 0.6 is 0 Å². The monoisotopic (exact) mass is 383 g/mol. The van der Waals surface area contributed by atoms with E-state index in [0.29, 0.717) is 18.7 Å². The first-order valence-corrected chi connectivity index (χ1v) is 9.47. The summed E-state index contributed by atoms with van der Waals surface area (Å²) in [6.07, 6.45) is 3.29. The molecule has 4 rings (SSSR count). The van der Waals surface area contributed by atoms with Gasteiger partial charge in [0.15, 0.2) is 6.61 Å². The summed E-state index contributed by atoms with van der Waals surface area (Å²) in [5.41, 5.74) is 0.761. The van der Waals surface area contributed by atoms with Crippen molar-refractivity contribution in [1.29, 1.82) is 0 Å². The molecule has 2 heterocycles. The lowest BCUT2D eigenvalue weighted by atomic mass is 9.81. The van der Waals surface area contributed by atoms with Crippen molar-refractivity contribution in [3.63, 3.8) is 0 Å². The van der Waals surface area contributed by atoms with Gasteiger partial charge >= 0.3 is 5.97 Å². The van der Waals surface area contributed by atoms with E-state index in [-0.39, 0.29) is 36.1 Å². The molecule has 1 aromatic heterocycles. The van der Waals surface area contributed by atoms with E-state index < -0.39 is 12.0 Å². The molecule has 0 radical (unpaired) electrons. The molecule has 2 amide bonds. The van der Waals surface area contributed by atoms with Crippen molar-refractivity contribution in [2.45, 2.75) is 45.3 Å². The van der Waals surface area contributed by atoms with E-state index in [1.807, 2.05) is 30.3 Å². The van der Waals surface area contributed by atoms with E-state index in [1.165, 1.54) is 6.92 Å². The van der Waals surface area contributed by atoms with Gasteiger partial charge in [-0.05, 0) is 31.9 Å². The fourth-order valence-electron chi connectivity index (χ4n) is 3.94. The number of amides is 2. The van der Waals surface area contributed by atoms with Crippen LogP contribution in [0.4, 0.5) is 0 Å². The third kappa shape index (κ3) is 3.30. The smallest absolute Gasteiger partial charge is 0.329 e. The fourth-order valence-corrected chi connectivity index (χ4v) is 3.94. The standard InChI is InChI=1S/C20H21N3O5/c1-12(23-18(24)14-9-5-6-10-15(14)19(23)25)20(26)27-11-16-21-22-17(28-16)13-7-3-2-4-8-13/h2-4,7-8,12,14-15H,5-6,9-11H2,1H3/t12-,14-,15+/m0/s1. The molecule has 8 nitrogen and oxygen atoms in total. The third-order valence-corrected chi connectivity index (χ3v) is 5.43. The van der Waals surface area contributed by atoms with Gasteiger partial charge in [-0.1, -0.05) is 31.0 Å². The highest BCUT2D eigenvalue weighted by molar-refractivity contribution is 6.07. The Hall–Kier alpha value is -3.03. The topological polar surface area (TPSA) is 103 Å². The molecule has 1 aliphatic heterocycles. The maximum Gasteiger partial charge on any atom is 0.329 e. The maximum absolute atomic E-state index is 12.6. The summed E-state index contributed by atoms with van der Waals surface area (Å²) in [7, 11) is 0. The summed E-state index contributed by atoms with van der Waals surface area (Å²) in [5, 5.41) is 7.80. The lowest BCUT2D eigenvalue weighted by Crippen LogP contribution is -2.44. The quantitative estimate of drug-likeness (QED) is 0.577. The van der Waals surface area contributed by atoms with Crippen molar-refractivity contribution in [2.75, 3.05) is 0 Å². The van der Waals surface area contributed by atoms with Crippen LogP contribution in [0.5, 0.6) is 0 Å². The second kappa shape index (κ2) is 7.53. The molecule has 0 unspecified atom stereocenters. The molecule has 0 N–H and O–H groups in total. The molecular weight excluding hydrogens is 362 g/mol. The van der Waals surface area contributed by atoms with Crippen molar-refractivity contribution >= 4 is 17.8 Å². The van der Waals surface area contributed by atoms with E-state index >= 15 is 0 Å². The zero-order chi connectivity index (χ0) is 19.7. The Morgan fingerprint density at radius 2 is 1.79 bits per heavy atom. The molecule has 8 heteroatoms. The van der Waals surface area contributed by atoms with Gasteiger partial charge in [-0.25, -0.2) is 4.79 Å². The number of nitrogens with zero attached hydrogens (tertiary/aromatic N) is 3. The van der Waals surface area contributed by atoms with Crippen molar-refractivity contribution in [1.82, 2.24) is 15.1 Å². The van der Waals surface area contributed by atoms with Gasteiger partial charge in [0.2, 0.25) is 17.7 Å². The highest BCUT2D eigenvalue weighted by Crippen LogP contribution is 2.38. The molecule has 1 saturated carbocycles. The minimum atomic E-state index is -0.970. The van der Waals surface area contributed by atoms with Crippen LogP contribution in [0.15, 0.2) is 34.7 Å². The molecule has 0 bridgehead atoms. The summed E-state index contributed by atoms with van der Waals surface area (Å²) >= 11 is 0. The molecule has 0 spiro atoms. The lowest BCUT2D eigenvalue weighted by Gasteiger charge is -2.21. The van der Waals surface area contributed by atoms with Gasteiger partial charge in [0, 0.05) is 5.56 Å². The number of carbonyl (C=O) groups excluding carboxylic acids is 3. The van der Waals surface area contributed by atoms with E-state index in [0.717, 1.165) is 23.3 Å². The van der Waals surface area contributed by atoms with Gasteiger partial charge in [-0.15, -0.1) is 10.2 Å². The number of imide groups is 1. The van der Waals surface area contributed by atoms with Crippen molar-refractivity contribution in [2.24, 2.45) is 11.8 Å². The van der Waals surface area contributed by atoms with Crippen molar-refractivity contribution in [3.8, 4) is 11.5 Å². The van der Waals surface area contributed by atoms with Crippen LogP contribution in [0.2, 0.25) is 0 Å². The molecule has 28 heavy (non-hydrogen) atoms. The Bertz CT molecular complexity index is 870. The van der Waals surface area contributed by atoms with Gasteiger partial charge in [0.25, 0.3) is 5.89 Å². The molecule has 3 atom stereocenters. The highest BCUT2D eigenvalue weighted by Gasteiger charge is 2.51. The maximum atomic E-state index is 12.6. The highest BCUT2D eigenvalue weighted by atomic mass is 16.5. The Labute approximate surface area is 161 Å². The Balaban J connectivity index is 1.38. The predicted octanol–water partition coefficient (Wildman–Crippen LogP) is 2.34. The average molecular weight is 383 g/mol. The molecule has 1 aromatic carbocycles. The third-order valence-electron chi connectivity index (χ3n) is 5.43. The van der Waals surface area contributed by atoms with Gasteiger partial charge in [-0.3, -0.25) is 14.5 Å². The van der Waals surface area contributed by atoms with Crippen LogP contribution in [0.3, 0.4) is 0 Å². The van der Waals surface area contributed by atoms with Crippen LogP contribution in [-0.4, -0.2) is 38.9 Å². The Morgan fingerprint density at radius 3 is 2.43 bits per heavy atom. The summed E-state index contributed by atoms with van der Waals surface area (Å²) in [6, 6.07) is 8.26. The number of likely N-dealkylation sites (tertiary alicyclic amines) is 1. The van der Waals surface area contributed by atoms with Crippen LogP contribution in [0, 0.1) is 11.8 Å². The molecule has 2 aromatic rings. The van der Waals surface area contributed by atoms with E-state index in [1.54, 1.807) is 0 Å². The zero-order valence-corrected chi connectivity index (χ0v) is 15.5. The largest absolute Gasteiger partial charge is 0.454 e. The minimum absolute atomic E-state index is 0.146. The summed E-state index contributed by atoms with van der Waals surface area (Å²) in [6.45, 7) is 1.30. The predicted molar refractivity (Wildman–Crippen MR) is 96.3 cm³/mol. The van der Waals surface area contributed by atoms with E-state index in [9.17, 15) is 14.4 Å². The fraction of sp³-hybridized carbons (Fsp3) is 0.450. The number of hydrogen-bond donors (Lipinski definition) is 0. The second-order valence-corrected chi connectivity index (χ2v) is 7.19. The summed E-state index contributed by atoms with van der Waals surface area (Å²) < 4.78 is 10.7. The molecule has 1 aliphatic carbocycles. The number of hydrogen-bond acceptors (Lipinski definition) is 7. The van der Waals surface area contributed by atoms with Crippen LogP contribution in [0.1, 0.15) is 38.5 Å². The molecule has 2 fully saturated rings. The van der Waals surface area contributed by atoms with Gasteiger partial charge in [0.05, 0.1) is 11.8 Å². The molecular formula is C20H21N3O5. The SMILES string of the molecule is C[C@@H](C(=O)OCc1nnc(-c2ccccc2)o1)N1C(=O)[C@H]2CCCC[C@H]2C1=O. The number of ether oxygens (including phenoxy) is 1. The number of rotatable bonds is 5. The van der Waals surface area contributed by atoms with Gasteiger partial charge < -0.3 is 9.15 Å². The number of fused-ring (bicyclic) bond motifs is 1. The van der Waals surface area contributed by atoms with E-state index in [4.69, 9.17) is 9.15 Å². The first kappa shape index (κ1) is 18.3. The Kier molecular flexibility index (Phi) is 4.93. The Morgan fingerprint density at radius 1 is 1.14 bits per heavy atom. The van der Waals surface area contributed by atoms with Crippen molar-refractivity contribution < 1.29 is 23.5 Å². The van der Waals surface area contributed by atoms with Crippen molar-refractivity contribution in [3.05, 3.63) is 36.2 Å². The minimum Gasteiger partial charge on any atom is -0.454 e. The summed E-state index contributed by atoms with van der Waals surface area (Å²) in [5.74, 6) is -1.30.